The lowest BCUT2D eigenvalue weighted by Gasteiger charge is -2.18. The summed E-state index contributed by atoms with van der Waals surface area (Å²) in [5.41, 5.74) is 6.63. The lowest BCUT2D eigenvalue weighted by atomic mass is 10.1. The summed E-state index contributed by atoms with van der Waals surface area (Å²) in [6.45, 7) is -0.372. The van der Waals surface area contributed by atoms with E-state index in [4.69, 9.17) is 10.8 Å². The van der Waals surface area contributed by atoms with Crippen molar-refractivity contribution in [1.29, 1.82) is 0 Å². The molecule has 9 nitrogen and oxygen atoms in total. The number of carboxylic acid groups (broad SMARTS) is 1. The van der Waals surface area contributed by atoms with Crippen LogP contribution in [0.1, 0.15) is 5.56 Å². The highest BCUT2D eigenvalue weighted by Gasteiger charge is 2.23. The van der Waals surface area contributed by atoms with Gasteiger partial charge >= 0.3 is 11.9 Å². The molecular weight excluding hydrogens is 342 g/mol. The van der Waals surface area contributed by atoms with Crippen LogP contribution in [0.15, 0.2) is 42.5 Å². The number of ether oxygens (including phenoxy) is 1. The van der Waals surface area contributed by atoms with E-state index < -0.39 is 35.8 Å². The van der Waals surface area contributed by atoms with Gasteiger partial charge in [0.25, 0.3) is 0 Å². The number of hydrogen-bond donors (Lipinski definition) is 4. The van der Waals surface area contributed by atoms with Crippen LogP contribution >= 0.6 is 0 Å². The maximum Gasteiger partial charge on any atom is 0.330 e. The number of esters is 1. The summed E-state index contributed by atoms with van der Waals surface area (Å²) in [6, 6.07) is 6.74. The van der Waals surface area contributed by atoms with Crippen LogP contribution < -0.4 is 16.4 Å². The van der Waals surface area contributed by atoms with Gasteiger partial charge in [0.05, 0.1) is 13.2 Å². The third-order valence-corrected chi connectivity index (χ3v) is 3.30. The van der Waals surface area contributed by atoms with E-state index in [0.29, 0.717) is 0 Å². The molecule has 2 amide bonds. The van der Waals surface area contributed by atoms with Gasteiger partial charge in [-0.1, -0.05) is 30.3 Å². The fourth-order valence-corrected chi connectivity index (χ4v) is 1.91. The molecule has 5 N–H and O–H groups in total. The van der Waals surface area contributed by atoms with E-state index in [0.717, 1.165) is 24.8 Å². The maximum absolute atomic E-state index is 12.1. The van der Waals surface area contributed by atoms with E-state index in [2.05, 4.69) is 15.4 Å². The van der Waals surface area contributed by atoms with Crippen LogP contribution in [0.25, 0.3) is 0 Å². The lowest BCUT2D eigenvalue weighted by molar-refractivity contribution is -0.142. The highest BCUT2D eigenvalue weighted by Crippen LogP contribution is 2.02. The largest absolute Gasteiger partial charge is 0.480 e. The van der Waals surface area contributed by atoms with E-state index >= 15 is 0 Å². The average Bonchev–Trinajstić information content (AvgIpc) is 2.63. The maximum atomic E-state index is 12.1. The SMILES string of the molecule is COC(=O)/C=C\C(=O)NC[C@H](NC(=O)[C@@H](N)Cc1ccccc1)C(=O)O. The fourth-order valence-electron chi connectivity index (χ4n) is 1.91. The highest BCUT2D eigenvalue weighted by atomic mass is 16.5. The first kappa shape index (κ1) is 20.8. The number of benzene rings is 1. The molecule has 9 heteroatoms. The van der Waals surface area contributed by atoms with Gasteiger partial charge in [0, 0.05) is 18.7 Å². The number of carbonyl (C=O) groups is 4. The van der Waals surface area contributed by atoms with Crippen LogP contribution in [0.4, 0.5) is 0 Å². The van der Waals surface area contributed by atoms with Crippen molar-refractivity contribution in [3.05, 3.63) is 48.0 Å². The standard InChI is InChI=1S/C17H21N3O6/c1-26-15(22)8-7-14(21)19-10-13(17(24)25)20-16(23)12(18)9-11-5-3-2-4-6-11/h2-8,12-13H,9-10,18H2,1H3,(H,19,21)(H,20,23)(H,24,25)/b8-7-/t12-,13-/m0/s1. The minimum atomic E-state index is -1.36. The third kappa shape index (κ3) is 7.58. The van der Waals surface area contributed by atoms with Crippen LogP contribution in [0, 0.1) is 0 Å². The van der Waals surface area contributed by atoms with E-state index in [1.807, 2.05) is 6.07 Å². The molecule has 26 heavy (non-hydrogen) atoms. The number of rotatable bonds is 9. The molecule has 0 saturated carbocycles. The van der Waals surface area contributed by atoms with Gasteiger partial charge in [-0.3, -0.25) is 9.59 Å². The van der Waals surface area contributed by atoms with Crippen molar-refractivity contribution in [3.63, 3.8) is 0 Å². The van der Waals surface area contributed by atoms with Crippen molar-refractivity contribution in [3.8, 4) is 0 Å². The Hall–Kier alpha value is -3.20. The van der Waals surface area contributed by atoms with Gasteiger partial charge in [-0.15, -0.1) is 0 Å². The molecule has 0 aromatic heterocycles. The van der Waals surface area contributed by atoms with Crippen molar-refractivity contribution in [2.45, 2.75) is 18.5 Å². The van der Waals surface area contributed by atoms with Crippen LogP contribution in [-0.2, 0) is 30.3 Å². The zero-order valence-corrected chi connectivity index (χ0v) is 14.2. The molecule has 0 aliphatic rings. The molecule has 0 aliphatic carbocycles. The Morgan fingerprint density at radius 2 is 1.85 bits per heavy atom. The number of aliphatic carboxylic acids is 1. The molecule has 0 radical (unpaired) electrons. The molecule has 0 unspecified atom stereocenters. The first-order valence-corrected chi connectivity index (χ1v) is 7.70. The number of methoxy groups -OCH3 is 1. The predicted molar refractivity (Wildman–Crippen MR) is 91.9 cm³/mol. The molecule has 0 spiro atoms. The fraction of sp³-hybridized carbons (Fsp3) is 0.294. The normalized spacial score (nSPS) is 12.8. The van der Waals surface area contributed by atoms with E-state index in [9.17, 15) is 19.2 Å². The molecular formula is C17H21N3O6. The van der Waals surface area contributed by atoms with E-state index in [1.54, 1.807) is 24.3 Å². The number of hydrogen-bond acceptors (Lipinski definition) is 6. The first-order valence-electron chi connectivity index (χ1n) is 7.70. The second-order valence-electron chi connectivity index (χ2n) is 5.30. The van der Waals surface area contributed by atoms with Gasteiger partial charge in [0.15, 0.2) is 0 Å². The van der Waals surface area contributed by atoms with Crippen molar-refractivity contribution in [1.82, 2.24) is 10.6 Å². The highest BCUT2D eigenvalue weighted by molar-refractivity contribution is 5.95. The second-order valence-corrected chi connectivity index (χ2v) is 5.30. The van der Waals surface area contributed by atoms with Gasteiger partial charge in [0.1, 0.15) is 6.04 Å². The minimum absolute atomic E-state index is 0.243. The molecule has 0 aliphatic heterocycles. The predicted octanol–water partition coefficient (Wildman–Crippen LogP) is -1.03. The number of carbonyl (C=O) groups excluding carboxylic acids is 3. The molecule has 1 aromatic rings. The van der Waals surface area contributed by atoms with Crippen molar-refractivity contribution in [2.24, 2.45) is 5.73 Å². The summed E-state index contributed by atoms with van der Waals surface area (Å²) in [7, 11) is 1.15. The van der Waals surface area contributed by atoms with Crippen molar-refractivity contribution in [2.75, 3.05) is 13.7 Å². The Labute approximate surface area is 150 Å². The van der Waals surface area contributed by atoms with Gasteiger partial charge < -0.3 is 26.2 Å². The summed E-state index contributed by atoms with van der Waals surface area (Å²) < 4.78 is 4.32. The van der Waals surface area contributed by atoms with E-state index in [-0.39, 0.29) is 13.0 Å². The first-order chi connectivity index (χ1) is 12.3. The minimum Gasteiger partial charge on any atom is -0.480 e. The monoisotopic (exact) mass is 363 g/mol. The summed E-state index contributed by atoms with van der Waals surface area (Å²) in [4.78, 5) is 45.7. The van der Waals surface area contributed by atoms with Gasteiger partial charge in [0.2, 0.25) is 11.8 Å². The Morgan fingerprint density at radius 1 is 1.19 bits per heavy atom. The molecule has 140 valence electrons. The van der Waals surface area contributed by atoms with E-state index in [1.165, 1.54) is 0 Å². The van der Waals surface area contributed by atoms with Gasteiger partial charge in [-0.2, -0.15) is 0 Å². The van der Waals surface area contributed by atoms with Crippen molar-refractivity contribution < 1.29 is 29.0 Å². The Bertz CT molecular complexity index is 674. The quantitative estimate of drug-likeness (QED) is 0.324. The molecule has 0 bridgehead atoms. The number of amides is 2. The molecule has 2 atom stereocenters. The Morgan fingerprint density at radius 3 is 2.42 bits per heavy atom. The molecule has 0 heterocycles. The number of carboxylic acids is 1. The van der Waals surface area contributed by atoms with Gasteiger partial charge in [-0.05, 0) is 12.0 Å². The van der Waals surface area contributed by atoms with Crippen LogP contribution in [-0.4, -0.2) is 54.6 Å². The summed E-state index contributed by atoms with van der Waals surface area (Å²) in [5, 5.41) is 13.7. The smallest absolute Gasteiger partial charge is 0.330 e. The zero-order chi connectivity index (χ0) is 19.5. The van der Waals surface area contributed by atoms with Crippen molar-refractivity contribution >= 4 is 23.8 Å². The Balaban J connectivity index is 2.55. The summed E-state index contributed by atoms with van der Waals surface area (Å²) in [6.07, 6.45) is 2.03. The summed E-state index contributed by atoms with van der Waals surface area (Å²) >= 11 is 0. The van der Waals surface area contributed by atoms with Crippen LogP contribution in [0.5, 0.6) is 0 Å². The average molecular weight is 363 g/mol. The van der Waals surface area contributed by atoms with Crippen LogP contribution in [0.3, 0.4) is 0 Å². The number of nitrogens with two attached hydrogens (primary N) is 1. The molecule has 1 aromatic carbocycles. The van der Waals surface area contributed by atoms with Gasteiger partial charge in [-0.25, -0.2) is 9.59 Å². The Kier molecular flexibility index (Phi) is 8.51. The summed E-state index contributed by atoms with van der Waals surface area (Å²) in [5.74, 6) is -3.41. The second kappa shape index (κ2) is 10.6. The molecule has 1 rings (SSSR count). The third-order valence-electron chi connectivity index (χ3n) is 3.30. The molecule has 0 fully saturated rings. The van der Waals surface area contributed by atoms with Crippen LogP contribution in [0.2, 0.25) is 0 Å². The number of nitrogens with one attached hydrogen (secondary N) is 2. The lowest BCUT2D eigenvalue weighted by Crippen LogP contribution is -2.53. The zero-order valence-electron chi connectivity index (χ0n) is 14.2. The molecule has 0 saturated heterocycles. The topological polar surface area (TPSA) is 148 Å².